The number of carbonyl (C=O) groups is 2. The third-order valence-corrected chi connectivity index (χ3v) is 3.47. The Balaban J connectivity index is 1.84. The van der Waals surface area contributed by atoms with Gasteiger partial charge < -0.3 is 14.6 Å². The molecule has 1 unspecified atom stereocenters. The highest BCUT2D eigenvalue weighted by atomic mass is 19.1. The Kier molecular flexibility index (Phi) is 4.04. The summed E-state index contributed by atoms with van der Waals surface area (Å²) < 4.78 is 23.7. The van der Waals surface area contributed by atoms with E-state index in [1.807, 2.05) is 0 Å². The van der Waals surface area contributed by atoms with E-state index in [0.717, 1.165) is 0 Å². The summed E-state index contributed by atoms with van der Waals surface area (Å²) in [6, 6.07) is 10.2. The molecule has 1 aliphatic heterocycles. The molecule has 2 aromatic rings. The number of hydrogen-bond donors (Lipinski definition) is 1. The Morgan fingerprint density at radius 3 is 2.62 bits per heavy atom. The van der Waals surface area contributed by atoms with E-state index >= 15 is 0 Å². The summed E-state index contributed by atoms with van der Waals surface area (Å²) >= 11 is 0. The van der Waals surface area contributed by atoms with Gasteiger partial charge in [0.2, 0.25) is 5.78 Å². The first kappa shape index (κ1) is 15.7. The van der Waals surface area contributed by atoms with Gasteiger partial charge in [-0.15, -0.1) is 0 Å². The number of allylic oxidation sites excluding steroid dienone is 1. The minimum atomic E-state index is -1.09. The molecule has 6 heteroatoms. The van der Waals surface area contributed by atoms with Crippen molar-refractivity contribution in [2.45, 2.75) is 13.0 Å². The summed E-state index contributed by atoms with van der Waals surface area (Å²) in [5, 5.41) is 8.86. The Bertz CT molecular complexity index is 839. The lowest BCUT2D eigenvalue weighted by Gasteiger charge is -2.10. The van der Waals surface area contributed by atoms with Crippen LogP contribution >= 0.6 is 0 Å². The quantitative estimate of drug-likeness (QED) is 0.872. The molecule has 2 aromatic carbocycles. The van der Waals surface area contributed by atoms with Crippen molar-refractivity contribution in [1.82, 2.24) is 0 Å². The summed E-state index contributed by atoms with van der Waals surface area (Å²) in [7, 11) is 0. The molecule has 1 aliphatic rings. The first-order chi connectivity index (χ1) is 11.4. The minimum Gasteiger partial charge on any atom is -0.479 e. The molecule has 0 spiro atoms. The number of carbonyl (C=O) groups excluding carboxylic acids is 1. The summed E-state index contributed by atoms with van der Waals surface area (Å²) in [6.07, 6.45) is 0.497. The number of carboxylic acid groups (broad SMARTS) is 1. The van der Waals surface area contributed by atoms with Crippen molar-refractivity contribution >= 4 is 17.8 Å². The third-order valence-electron chi connectivity index (χ3n) is 3.47. The number of ether oxygens (including phenoxy) is 2. The van der Waals surface area contributed by atoms with Crippen molar-refractivity contribution in [1.29, 1.82) is 0 Å². The van der Waals surface area contributed by atoms with Gasteiger partial charge in [0, 0.05) is 6.07 Å². The number of hydrogen-bond acceptors (Lipinski definition) is 4. The first-order valence-corrected chi connectivity index (χ1v) is 7.17. The zero-order valence-electron chi connectivity index (χ0n) is 12.7. The topological polar surface area (TPSA) is 72.8 Å². The third kappa shape index (κ3) is 3.12. The normalized spacial score (nSPS) is 15.8. The van der Waals surface area contributed by atoms with E-state index in [1.165, 1.54) is 55.5 Å². The fourth-order valence-electron chi connectivity index (χ4n) is 2.21. The van der Waals surface area contributed by atoms with Gasteiger partial charge in [-0.2, -0.15) is 0 Å². The molecule has 24 heavy (non-hydrogen) atoms. The highest BCUT2D eigenvalue weighted by Crippen LogP contribution is 2.35. The van der Waals surface area contributed by atoms with E-state index in [4.69, 9.17) is 14.6 Å². The van der Waals surface area contributed by atoms with Crippen LogP contribution in [0.1, 0.15) is 22.8 Å². The van der Waals surface area contributed by atoms with Crippen molar-refractivity contribution in [2.75, 3.05) is 0 Å². The highest BCUT2D eigenvalue weighted by Gasteiger charge is 2.28. The van der Waals surface area contributed by atoms with Crippen LogP contribution < -0.4 is 9.47 Å². The van der Waals surface area contributed by atoms with E-state index in [9.17, 15) is 14.0 Å². The molecule has 0 saturated heterocycles. The maximum absolute atomic E-state index is 12.9. The molecule has 0 aromatic heterocycles. The molecule has 1 heterocycles. The standard InChI is InChI=1S/C18H13FO5/c1-10(18(21)22)23-13-6-7-14-15(9-13)24-16(17(14)20)8-11-2-4-12(19)5-3-11/h2-10H,1H3,(H,21,22). The molecule has 122 valence electrons. The van der Waals surface area contributed by atoms with E-state index < -0.39 is 12.1 Å². The fraction of sp³-hybridized carbons (Fsp3) is 0.111. The number of halogens is 1. The summed E-state index contributed by atoms with van der Waals surface area (Å²) in [5.41, 5.74) is 0.988. The number of rotatable bonds is 4. The van der Waals surface area contributed by atoms with Crippen LogP contribution in [0.3, 0.4) is 0 Å². The molecule has 0 saturated carbocycles. The molecular formula is C18H13FO5. The van der Waals surface area contributed by atoms with E-state index in [2.05, 4.69) is 0 Å². The molecule has 1 atom stereocenters. The predicted molar refractivity (Wildman–Crippen MR) is 83.5 cm³/mol. The number of carboxylic acids is 1. The molecule has 0 amide bonds. The van der Waals surface area contributed by atoms with Crippen molar-refractivity contribution in [3.8, 4) is 11.5 Å². The number of benzene rings is 2. The molecule has 3 rings (SSSR count). The lowest BCUT2D eigenvalue weighted by Crippen LogP contribution is -2.22. The molecule has 5 nitrogen and oxygen atoms in total. The first-order valence-electron chi connectivity index (χ1n) is 7.17. The van der Waals surface area contributed by atoms with Gasteiger partial charge in [0.05, 0.1) is 5.56 Å². The van der Waals surface area contributed by atoms with Crippen molar-refractivity contribution < 1.29 is 28.6 Å². The van der Waals surface area contributed by atoms with Gasteiger partial charge in [0.15, 0.2) is 11.9 Å². The second kappa shape index (κ2) is 6.16. The molecule has 0 fully saturated rings. The Labute approximate surface area is 136 Å². The lowest BCUT2D eigenvalue weighted by atomic mass is 10.1. The number of ketones is 1. The van der Waals surface area contributed by atoms with Crippen molar-refractivity contribution in [3.05, 3.63) is 65.2 Å². The fourth-order valence-corrected chi connectivity index (χ4v) is 2.21. The number of aliphatic carboxylic acids is 1. The van der Waals surface area contributed by atoms with Crippen molar-refractivity contribution in [3.63, 3.8) is 0 Å². The van der Waals surface area contributed by atoms with Gasteiger partial charge in [-0.3, -0.25) is 4.79 Å². The number of Topliss-reactive ketones (excluding diaryl/α,β-unsaturated/α-hetero) is 1. The molecule has 0 aliphatic carbocycles. The van der Waals surface area contributed by atoms with Gasteiger partial charge in [-0.1, -0.05) is 12.1 Å². The van der Waals surface area contributed by atoms with E-state index in [1.54, 1.807) is 0 Å². The van der Waals surface area contributed by atoms with Crippen LogP contribution in [0.2, 0.25) is 0 Å². The Morgan fingerprint density at radius 2 is 1.96 bits per heavy atom. The highest BCUT2D eigenvalue weighted by molar-refractivity contribution is 6.14. The zero-order chi connectivity index (χ0) is 17.3. The maximum atomic E-state index is 12.9. The number of fused-ring (bicyclic) bond motifs is 1. The molecule has 0 radical (unpaired) electrons. The van der Waals surface area contributed by atoms with Crippen LogP contribution in [0.5, 0.6) is 11.5 Å². The van der Waals surface area contributed by atoms with E-state index in [0.29, 0.717) is 22.6 Å². The van der Waals surface area contributed by atoms with Crippen LogP contribution in [-0.4, -0.2) is 23.0 Å². The Morgan fingerprint density at radius 1 is 1.25 bits per heavy atom. The maximum Gasteiger partial charge on any atom is 0.344 e. The second-order valence-corrected chi connectivity index (χ2v) is 5.25. The summed E-state index contributed by atoms with van der Waals surface area (Å²) in [4.78, 5) is 23.1. The lowest BCUT2D eigenvalue weighted by molar-refractivity contribution is -0.144. The van der Waals surface area contributed by atoms with Gasteiger partial charge in [0.25, 0.3) is 0 Å². The van der Waals surface area contributed by atoms with Crippen LogP contribution in [0.15, 0.2) is 48.2 Å². The monoisotopic (exact) mass is 328 g/mol. The van der Waals surface area contributed by atoms with E-state index in [-0.39, 0.29) is 17.4 Å². The summed E-state index contributed by atoms with van der Waals surface area (Å²) in [6.45, 7) is 1.40. The van der Waals surface area contributed by atoms with Crippen LogP contribution in [0.4, 0.5) is 4.39 Å². The average molecular weight is 328 g/mol. The van der Waals surface area contributed by atoms with Crippen molar-refractivity contribution in [2.24, 2.45) is 0 Å². The van der Waals surface area contributed by atoms with Gasteiger partial charge in [-0.05, 0) is 42.8 Å². The van der Waals surface area contributed by atoms with Gasteiger partial charge in [0.1, 0.15) is 17.3 Å². The Hall–Kier alpha value is -3.15. The molecule has 1 N–H and O–H groups in total. The second-order valence-electron chi connectivity index (χ2n) is 5.25. The largest absolute Gasteiger partial charge is 0.479 e. The smallest absolute Gasteiger partial charge is 0.344 e. The predicted octanol–water partition coefficient (Wildman–Crippen LogP) is 3.29. The average Bonchev–Trinajstić information content (AvgIpc) is 2.85. The zero-order valence-corrected chi connectivity index (χ0v) is 12.7. The molecule has 0 bridgehead atoms. The SMILES string of the molecule is CC(Oc1ccc2c(c1)OC(=Cc1ccc(F)cc1)C2=O)C(=O)O. The minimum absolute atomic E-state index is 0.111. The molecular weight excluding hydrogens is 315 g/mol. The van der Waals surface area contributed by atoms with Crippen LogP contribution in [0.25, 0.3) is 6.08 Å². The summed E-state index contributed by atoms with van der Waals surface area (Å²) in [5.74, 6) is -1.06. The van der Waals surface area contributed by atoms with Crippen LogP contribution in [-0.2, 0) is 4.79 Å². The van der Waals surface area contributed by atoms with Gasteiger partial charge >= 0.3 is 5.97 Å². The van der Waals surface area contributed by atoms with Gasteiger partial charge in [-0.25, -0.2) is 9.18 Å². The van der Waals surface area contributed by atoms with Crippen LogP contribution in [0, 0.1) is 5.82 Å².